The van der Waals surface area contributed by atoms with Crippen molar-refractivity contribution in [2.24, 2.45) is 5.10 Å². The van der Waals surface area contributed by atoms with Gasteiger partial charge < -0.3 is 14.8 Å². The topological polar surface area (TPSA) is 84.8 Å². The van der Waals surface area contributed by atoms with E-state index in [0.29, 0.717) is 42.3 Å². The molecule has 2 aromatic rings. The Hall–Kier alpha value is -2.55. The highest BCUT2D eigenvalue weighted by atomic mass is 35.5. The molecule has 0 aliphatic carbocycles. The van der Waals surface area contributed by atoms with E-state index in [4.69, 9.17) is 21.1 Å². The average Bonchev–Trinajstić information content (AvgIpc) is 2.99. The Bertz CT molecular complexity index is 924. The number of amides is 1. The molecule has 0 spiro atoms. The number of ether oxygens (including phenoxy) is 2. The molecule has 0 radical (unpaired) electrons. The van der Waals surface area contributed by atoms with Gasteiger partial charge in [-0.1, -0.05) is 17.7 Å². The minimum atomic E-state index is -0.509. The molecule has 1 aromatic heterocycles. The molecule has 4 rings (SSSR count). The highest BCUT2D eigenvalue weighted by molar-refractivity contribution is 6.30. The smallest absolute Gasteiger partial charge is 0.246 e. The second-order valence-electron chi connectivity index (χ2n) is 6.47. The van der Waals surface area contributed by atoms with Crippen molar-refractivity contribution < 1.29 is 18.7 Å². The van der Waals surface area contributed by atoms with Crippen LogP contribution in [0.25, 0.3) is 0 Å². The molecule has 146 valence electrons. The normalized spacial score (nSPS) is 22.4. The molecule has 1 fully saturated rings. The van der Waals surface area contributed by atoms with Gasteiger partial charge in [-0.05, 0) is 23.8 Å². The van der Waals surface area contributed by atoms with Crippen molar-refractivity contribution in [1.29, 1.82) is 0 Å². The van der Waals surface area contributed by atoms with Crippen LogP contribution in [0.4, 0.5) is 4.39 Å². The number of halogens is 2. The summed E-state index contributed by atoms with van der Waals surface area (Å²) >= 11 is 5.81. The maximum atomic E-state index is 14.0. The van der Waals surface area contributed by atoms with E-state index in [9.17, 15) is 9.18 Å². The fourth-order valence-corrected chi connectivity index (χ4v) is 3.33. The van der Waals surface area contributed by atoms with E-state index in [1.165, 1.54) is 12.1 Å². The van der Waals surface area contributed by atoms with Crippen molar-refractivity contribution in [2.45, 2.75) is 18.6 Å². The predicted molar refractivity (Wildman–Crippen MR) is 101 cm³/mol. The van der Waals surface area contributed by atoms with Crippen LogP contribution in [-0.4, -0.2) is 42.4 Å². The van der Waals surface area contributed by atoms with E-state index >= 15 is 0 Å². The standard InChI is InChI=1S/C19H18ClFN4O3/c20-13-2-1-11(7-14(13)21)19-17(10-23-5-6-27-19)28-16-9-22-4-3-12(16)15-8-18(26)25-24-15/h1-4,7,9,17,19,23H,5-6,8,10H2,(H,25,26)/t17-,19+/m1/s1. The molecule has 1 saturated heterocycles. The lowest BCUT2D eigenvalue weighted by molar-refractivity contribution is -0.119. The van der Waals surface area contributed by atoms with E-state index in [-0.39, 0.29) is 17.4 Å². The van der Waals surface area contributed by atoms with Crippen molar-refractivity contribution in [1.82, 2.24) is 15.7 Å². The fourth-order valence-electron chi connectivity index (χ4n) is 3.21. The molecule has 9 heteroatoms. The summed E-state index contributed by atoms with van der Waals surface area (Å²) in [5.74, 6) is -0.202. The number of rotatable bonds is 4. The zero-order valence-corrected chi connectivity index (χ0v) is 15.6. The Morgan fingerprint density at radius 3 is 3.00 bits per heavy atom. The van der Waals surface area contributed by atoms with Gasteiger partial charge in [-0.3, -0.25) is 9.78 Å². The largest absolute Gasteiger partial charge is 0.484 e. The van der Waals surface area contributed by atoms with Crippen LogP contribution in [0.3, 0.4) is 0 Å². The summed E-state index contributed by atoms with van der Waals surface area (Å²) in [5.41, 5.74) is 4.33. The highest BCUT2D eigenvalue weighted by Crippen LogP contribution is 2.30. The van der Waals surface area contributed by atoms with Crippen LogP contribution in [0.5, 0.6) is 5.75 Å². The Morgan fingerprint density at radius 1 is 1.32 bits per heavy atom. The van der Waals surface area contributed by atoms with Crippen molar-refractivity contribution in [3.63, 3.8) is 0 Å². The van der Waals surface area contributed by atoms with E-state index in [1.54, 1.807) is 24.5 Å². The van der Waals surface area contributed by atoms with Crippen molar-refractivity contribution in [3.8, 4) is 5.75 Å². The molecule has 1 aromatic carbocycles. The zero-order valence-electron chi connectivity index (χ0n) is 14.8. The van der Waals surface area contributed by atoms with Crippen LogP contribution in [0, 0.1) is 5.82 Å². The number of nitrogens with one attached hydrogen (secondary N) is 2. The predicted octanol–water partition coefficient (Wildman–Crippen LogP) is 2.21. The first-order valence-electron chi connectivity index (χ1n) is 8.85. The first-order chi connectivity index (χ1) is 13.6. The second kappa shape index (κ2) is 8.22. The van der Waals surface area contributed by atoms with Gasteiger partial charge in [0, 0.05) is 24.8 Å². The lowest BCUT2D eigenvalue weighted by Gasteiger charge is -2.27. The molecule has 1 amide bonds. The first-order valence-corrected chi connectivity index (χ1v) is 9.23. The van der Waals surface area contributed by atoms with E-state index < -0.39 is 18.0 Å². The fraction of sp³-hybridized carbons (Fsp3) is 0.316. The molecule has 7 nitrogen and oxygen atoms in total. The highest BCUT2D eigenvalue weighted by Gasteiger charge is 2.30. The molecule has 3 heterocycles. The first kappa shape index (κ1) is 18.8. The van der Waals surface area contributed by atoms with E-state index in [2.05, 4.69) is 20.8 Å². The molecular weight excluding hydrogens is 387 g/mol. The third-order valence-corrected chi connectivity index (χ3v) is 4.86. The molecule has 2 aliphatic heterocycles. The van der Waals surface area contributed by atoms with Gasteiger partial charge in [0.05, 0.1) is 30.0 Å². The number of carbonyl (C=O) groups is 1. The Labute approximate surface area is 165 Å². The number of hydrogen-bond donors (Lipinski definition) is 2. The van der Waals surface area contributed by atoms with Gasteiger partial charge in [-0.25, -0.2) is 9.82 Å². The number of hydrogen-bond acceptors (Lipinski definition) is 6. The van der Waals surface area contributed by atoms with Crippen LogP contribution in [0.2, 0.25) is 5.02 Å². The van der Waals surface area contributed by atoms with Crippen molar-refractivity contribution in [2.75, 3.05) is 19.7 Å². The van der Waals surface area contributed by atoms with Crippen molar-refractivity contribution >= 4 is 23.2 Å². The van der Waals surface area contributed by atoms with Crippen LogP contribution < -0.4 is 15.5 Å². The summed E-state index contributed by atoms with van der Waals surface area (Å²) < 4.78 is 26.1. The minimum absolute atomic E-state index is 0.0546. The minimum Gasteiger partial charge on any atom is -0.484 e. The summed E-state index contributed by atoms with van der Waals surface area (Å²) in [4.78, 5) is 15.6. The van der Waals surface area contributed by atoms with Gasteiger partial charge in [0.2, 0.25) is 5.91 Å². The van der Waals surface area contributed by atoms with Crippen LogP contribution >= 0.6 is 11.6 Å². The number of pyridine rings is 1. The summed E-state index contributed by atoms with van der Waals surface area (Å²) in [5, 5.41) is 7.36. The molecule has 0 saturated carbocycles. The second-order valence-corrected chi connectivity index (χ2v) is 6.87. The van der Waals surface area contributed by atoms with Crippen LogP contribution in [0.15, 0.2) is 41.8 Å². The van der Waals surface area contributed by atoms with Crippen molar-refractivity contribution in [3.05, 3.63) is 58.6 Å². The molecule has 0 bridgehead atoms. The number of nitrogens with zero attached hydrogens (tertiary/aromatic N) is 2. The molecule has 2 N–H and O–H groups in total. The Kier molecular flexibility index (Phi) is 5.52. The Morgan fingerprint density at radius 2 is 2.21 bits per heavy atom. The molecular formula is C19H18ClFN4O3. The number of benzene rings is 1. The maximum absolute atomic E-state index is 14.0. The van der Waals surface area contributed by atoms with Gasteiger partial charge in [0.25, 0.3) is 0 Å². The number of carbonyl (C=O) groups excluding carboxylic acids is 1. The lowest BCUT2D eigenvalue weighted by Crippen LogP contribution is -2.34. The molecule has 2 aliphatic rings. The SMILES string of the molecule is O=C1CC(c2ccncc2O[C@@H]2CNCCO[C@H]2c2ccc(Cl)c(F)c2)=NN1. The van der Waals surface area contributed by atoms with Gasteiger partial charge in [-0.2, -0.15) is 5.10 Å². The average molecular weight is 405 g/mol. The number of hydrazone groups is 1. The monoisotopic (exact) mass is 404 g/mol. The zero-order chi connectivity index (χ0) is 19.5. The van der Waals surface area contributed by atoms with Crippen LogP contribution in [-0.2, 0) is 9.53 Å². The number of aromatic nitrogens is 1. The third-order valence-electron chi connectivity index (χ3n) is 4.55. The van der Waals surface area contributed by atoms with Gasteiger partial charge in [0.15, 0.2) is 0 Å². The summed E-state index contributed by atoms with van der Waals surface area (Å²) in [7, 11) is 0. The van der Waals surface area contributed by atoms with E-state index in [0.717, 1.165) is 0 Å². The summed E-state index contributed by atoms with van der Waals surface area (Å²) in [6, 6.07) is 6.34. The third kappa shape index (κ3) is 3.99. The van der Waals surface area contributed by atoms with Gasteiger partial charge in [-0.15, -0.1) is 0 Å². The molecule has 0 unspecified atom stereocenters. The summed E-state index contributed by atoms with van der Waals surface area (Å²) in [6.45, 7) is 1.60. The lowest BCUT2D eigenvalue weighted by atomic mass is 10.0. The van der Waals surface area contributed by atoms with E-state index in [1.807, 2.05) is 0 Å². The van der Waals surface area contributed by atoms with Gasteiger partial charge >= 0.3 is 0 Å². The molecule has 28 heavy (non-hydrogen) atoms. The Balaban J connectivity index is 1.63. The quantitative estimate of drug-likeness (QED) is 0.816. The molecule has 2 atom stereocenters. The summed E-state index contributed by atoms with van der Waals surface area (Å²) in [6.07, 6.45) is 2.41. The maximum Gasteiger partial charge on any atom is 0.246 e. The van der Waals surface area contributed by atoms with Gasteiger partial charge in [0.1, 0.15) is 23.8 Å². The van der Waals surface area contributed by atoms with Crippen LogP contribution in [0.1, 0.15) is 23.7 Å².